The number of nitrogens with two attached hydrogens (primary N) is 1. The maximum atomic E-state index is 11.7. The summed E-state index contributed by atoms with van der Waals surface area (Å²) in [6, 6.07) is 3.19. The highest BCUT2D eigenvalue weighted by Crippen LogP contribution is 2.11. The summed E-state index contributed by atoms with van der Waals surface area (Å²) in [4.78, 5) is 20.8. The van der Waals surface area contributed by atoms with Gasteiger partial charge in [-0.25, -0.2) is 4.98 Å². The van der Waals surface area contributed by atoms with E-state index in [0.29, 0.717) is 17.9 Å². The lowest BCUT2D eigenvalue weighted by atomic mass is 10.3. The lowest BCUT2D eigenvalue weighted by Gasteiger charge is -2.02. The number of amides is 1. The molecule has 1 amide bonds. The molecule has 0 fully saturated rings. The van der Waals surface area contributed by atoms with E-state index in [1.54, 1.807) is 29.7 Å². The number of hydrogen-bond donors (Lipinski definition) is 2. The van der Waals surface area contributed by atoms with E-state index in [2.05, 4.69) is 15.3 Å². The van der Waals surface area contributed by atoms with Crippen molar-refractivity contribution in [1.82, 2.24) is 15.3 Å². The second-order valence-electron chi connectivity index (χ2n) is 3.50. The van der Waals surface area contributed by atoms with Crippen LogP contribution in [-0.4, -0.2) is 15.9 Å². The predicted molar refractivity (Wildman–Crippen MR) is 66.7 cm³/mol. The van der Waals surface area contributed by atoms with Crippen LogP contribution in [0, 0.1) is 6.92 Å². The van der Waals surface area contributed by atoms with Gasteiger partial charge in [-0.3, -0.25) is 9.78 Å². The zero-order valence-corrected chi connectivity index (χ0v) is 10.1. The maximum Gasteiger partial charge on any atom is 0.270 e. The number of carbonyl (C=O) groups excluding carboxylic acids is 1. The van der Waals surface area contributed by atoms with Crippen molar-refractivity contribution in [3.63, 3.8) is 0 Å². The number of pyridine rings is 1. The second kappa shape index (κ2) is 4.92. The minimum Gasteiger partial charge on any atom is -0.399 e. The number of aryl methyl sites for hydroxylation is 1. The highest BCUT2D eigenvalue weighted by molar-refractivity contribution is 7.11. The molecular formula is C11H12N4OS. The zero-order valence-electron chi connectivity index (χ0n) is 9.30. The maximum absolute atomic E-state index is 11.7. The van der Waals surface area contributed by atoms with E-state index in [-0.39, 0.29) is 5.91 Å². The van der Waals surface area contributed by atoms with Gasteiger partial charge in [0.15, 0.2) is 0 Å². The fraction of sp³-hybridized carbons (Fsp3) is 0.182. The topological polar surface area (TPSA) is 80.9 Å². The van der Waals surface area contributed by atoms with Crippen LogP contribution in [0.15, 0.2) is 24.5 Å². The number of nitrogens with one attached hydrogen (secondary N) is 1. The number of nitrogens with zero attached hydrogens (tertiary/aromatic N) is 2. The molecule has 0 aliphatic carbocycles. The molecular weight excluding hydrogens is 236 g/mol. The molecule has 2 heterocycles. The molecule has 0 aliphatic heterocycles. The highest BCUT2D eigenvalue weighted by atomic mass is 32.1. The lowest BCUT2D eigenvalue weighted by Crippen LogP contribution is -2.23. The summed E-state index contributed by atoms with van der Waals surface area (Å²) in [7, 11) is 0. The van der Waals surface area contributed by atoms with Crippen LogP contribution >= 0.6 is 11.3 Å². The number of aromatic nitrogens is 2. The Morgan fingerprint density at radius 1 is 1.53 bits per heavy atom. The van der Waals surface area contributed by atoms with Crippen molar-refractivity contribution >= 4 is 22.9 Å². The number of hydrogen-bond acceptors (Lipinski definition) is 5. The van der Waals surface area contributed by atoms with Crippen LogP contribution in [0.3, 0.4) is 0 Å². The van der Waals surface area contributed by atoms with Crippen molar-refractivity contribution in [2.24, 2.45) is 0 Å². The van der Waals surface area contributed by atoms with Crippen LogP contribution in [0.2, 0.25) is 0 Å². The van der Waals surface area contributed by atoms with E-state index in [1.165, 1.54) is 6.20 Å². The van der Waals surface area contributed by atoms with Crippen LogP contribution < -0.4 is 11.1 Å². The normalized spacial score (nSPS) is 10.2. The molecule has 3 N–H and O–H groups in total. The summed E-state index contributed by atoms with van der Waals surface area (Å²) in [6.07, 6.45) is 3.27. The van der Waals surface area contributed by atoms with E-state index in [0.717, 1.165) is 9.88 Å². The molecule has 0 saturated heterocycles. The Morgan fingerprint density at radius 2 is 2.35 bits per heavy atom. The first-order chi connectivity index (χ1) is 8.15. The van der Waals surface area contributed by atoms with Gasteiger partial charge in [-0.15, -0.1) is 11.3 Å². The quantitative estimate of drug-likeness (QED) is 0.859. The standard InChI is InChI=1S/C11H12N4OS/c1-7-14-5-9(17-7)6-15-11(16)10-4-8(12)2-3-13-10/h2-5H,6H2,1H3,(H2,12,13)(H,15,16). The number of thiazole rings is 1. The minimum absolute atomic E-state index is 0.233. The average molecular weight is 248 g/mol. The molecule has 88 valence electrons. The fourth-order valence-corrected chi connectivity index (χ4v) is 2.05. The third-order valence-corrected chi connectivity index (χ3v) is 3.02. The lowest BCUT2D eigenvalue weighted by molar-refractivity contribution is 0.0946. The number of nitrogen functional groups attached to an aromatic ring is 1. The largest absolute Gasteiger partial charge is 0.399 e. The Hall–Kier alpha value is -1.95. The number of anilines is 1. The second-order valence-corrected chi connectivity index (χ2v) is 4.82. The molecule has 0 saturated carbocycles. The van der Waals surface area contributed by atoms with Gasteiger partial charge in [-0.05, 0) is 19.1 Å². The predicted octanol–water partition coefficient (Wildman–Crippen LogP) is 1.36. The van der Waals surface area contributed by atoms with E-state index in [4.69, 9.17) is 5.73 Å². The van der Waals surface area contributed by atoms with Gasteiger partial charge in [0.05, 0.1) is 11.6 Å². The Morgan fingerprint density at radius 3 is 3.00 bits per heavy atom. The van der Waals surface area contributed by atoms with Crippen LogP contribution in [0.5, 0.6) is 0 Å². The number of rotatable bonds is 3. The van der Waals surface area contributed by atoms with Crippen LogP contribution in [0.4, 0.5) is 5.69 Å². The summed E-state index contributed by atoms with van der Waals surface area (Å²) < 4.78 is 0. The van der Waals surface area contributed by atoms with Crippen LogP contribution in [-0.2, 0) is 6.54 Å². The van der Waals surface area contributed by atoms with Crippen molar-refractivity contribution < 1.29 is 4.79 Å². The molecule has 2 aromatic heterocycles. The van der Waals surface area contributed by atoms with Crippen molar-refractivity contribution in [2.75, 3.05) is 5.73 Å². The molecule has 0 unspecified atom stereocenters. The Kier molecular flexibility index (Phi) is 3.34. The molecule has 5 nitrogen and oxygen atoms in total. The van der Waals surface area contributed by atoms with Gasteiger partial charge in [0.1, 0.15) is 5.69 Å². The molecule has 0 atom stereocenters. The van der Waals surface area contributed by atoms with Crippen molar-refractivity contribution in [1.29, 1.82) is 0 Å². The molecule has 0 aromatic carbocycles. The molecule has 17 heavy (non-hydrogen) atoms. The molecule has 2 rings (SSSR count). The Labute approximate surface area is 103 Å². The van der Waals surface area contributed by atoms with Crippen molar-refractivity contribution in [3.8, 4) is 0 Å². The number of carbonyl (C=O) groups is 1. The summed E-state index contributed by atoms with van der Waals surface area (Å²) in [5.41, 5.74) is 6.43. The molecule has 0 aliphatic rings. The van der Waals surface area contributed by atoms with E-state index >= 15 is 0 Å². The molecule has 0 radical (unpaired) electrons. The van der Waals surface area contributed by atoms with Gasteiger partial charge in [-0.1, -0.05) is 0 Å². The van der Waals surface area contributed by atoms with Gasteiger partial charge < -0.3 is 11.1 Å². The monoisotopic (exact) mass is 248 g/mol. The SMILES string of the molecule is Cc1ncc(CNC(=O)c2cc(N)ccn2)s1. The van der Waals surface area contributed by atoms with Crippen molar-refractivity contribution in [3.05, 3.63) is 40.1 Å². The highest BCUT2D eigenvalue weighted by Gasteiger charge is 2.07. The first kappa shape index (κ1) is 11.5. The molecule has 0 bridgehead atoms. The van der Waals surface area contributed by atoms with Gasteiger partial charge in [-0.2, -0.15) is 0 Å². The molecule has 6 heteroatoms. The van der Waals surface area contributed by atoms with Crippen molar-refractivity contribution in [2.45, 2.75) is 13.5 Å². The Bertz CT molecular complexity index is 538. The first-order valence-corrected chi connectivity index (χ1v) is 5.88. The van der Waals surface area contributed by atoms with Crippen LogP contribution in [0.1, 0.15) is 20.4 Å². The first-order valence-electron chi connectivity index (χ1n) is 5.06. The van der Waals surface area contributed by atoms with E-state index in [1.807, 2.05) is 6.92 Å². The Balaban J connectivity index is 1.98. The summed E-state index contributed by atoms with van der Waals surface area (Å²) in [5, 5.41) is 3.75. The smallest absolute Gasteiger partial charge is 0.270 e. The fourth-order valence-electron chi connectivity index (χ4n) is 1.32. The van der Waals surface area contributed by atoms with Gasteiger partial charge in [0.25, 0.3) is 5.91 Å². The molecule has 2 aromatic rings. The molecule has 0 spiro atoms. The van der Waals surface area contributed by atoms with Gasteiger partial charge in [0.2, 0.25) is 0 Å². The third kappa shape index (κ3) is 3.01. The minimum atomic E-state index is -0.233. The average Bonchev–Trinajstić information content (AvgIpc) is 2.72. The summed E-state index contributed by atoms with van der Waals surface area (Å²) in [6.45, 7) is 2.39. The van der Waals surface area contributed by atoms with Gasteiger partial charge >= 0.3 is 0 Å². The van der Waals surface area contributed by atoms with Gasteiger partial charge in [0, 0.05) is 23.0 Å². The summed E-state index contributed by atoms with van der Waals surface area (Å²) in [5.74, 6) is -0.233. The van der Waals surface area contributed by atoms with E-state index < -0.39 is 0 Å². The van der Waals surface area contributed by atoms with Crippen LogP contribution in [0.25, 0.3) is 0 Å². The zero-order chi connectivity index (χ0) is 12.3. The third-order valence-electron chi connectivity index (χ3n) is 2.11. The summed E-state index contributed by atoms with van der Waals surface area (Å²) >= 11 is 1.56. The van der Waals surface area contributed by atoms with E-state index in [9.17, 15) is 4.79 Å².